The van der Waals surface area contributed by atoms with Crippen LogP contribution >= 0.6 is 0 Å². The number of para-hydroxylation sites is 1. The molecule has 2 N–H and O–H groups in total. The molecule has 5 heteroatoms. The summed E-state index contributed by atoms with van der Waals surface area (Å²) in [6, 6.07) is 21.8. The molecular formula is C23H22N2O3. The van der Waals surface area contributed by atoms with E-state index in [1.54, 1.807) is 24.3 Å². The molecule has 3 rings (SSSR count). The summed E-state index contributed by atoms with van der Waals surface area (Å²) in [5.41, 5.74) is 3.82. The Balaban J connectivity index is 1.59. The maximum absolute atomic E-state index is 12.4. The van der Waals surface area contributed by atoms with Crippen molar-refractivity contribution in [2.24, 2.45) is 0 Å². The number of hydrogen-bond acceptors (Lipinski definition) is 3. The highest BCUT2D eigenvalue weighted by molar-refractivity contribution is 6.05. The van der Waals surface area contributed by atoms with Crippen molar-refractivity contribution in [2.45, 2.75) is 13.8 Å². The van der Waals surface area contributed by atoms with Crippen LogP contribution in [-0.2, 0) is 4.79 Å². The lowest BCUT2D eigenvalue weighted by Gasteiger charge is -2.11. The highest BCUT2D eigenvalue weighted by Gasteiger charge is 2.09. The van der Waals surface area contributed by atoms with E-state index in [1.807, 2.05) is 62.4 Å². The first-order valence-electron chi connectivity index (χ1n) is 8.97. The topological polar surface area (TPSA) is 67.4 Å². The third kappa shape index (κ3) is 5.20. The van der Waals surface area contributed by atoms with Gasteiger partial charge in [-0.3, -0.25) is 9.59 Å². The minimum absolute atomic E-state index is 0.107. The predicted molar refractivity (Wildman–Crippen MR) is 111 cm³/mol. The Morgan fingerprint density at radius 2 is 1.57 bits per heavy atom. The molecular weight excluding hydrogens is 352 g/mol. The van der Waals surface area contributed by atoms with Crippen LogP contribution in [0.2, 0.25) is 0 Å². The van der Waals surface area contributed by atoms with Crippen LogP contribution in [0, 0.1) is 13.8 Å². The van der Waals surface area contributed by atoms with Crippen molar-refractivity contribution < 1.29 is 14.3 Å². The molecule has 142 valence electrons. The molecule has 28 heavy (non-hydrogen) atoms. The fourth-order valence-electron chi connectivity index (χ4n) is 2.76. The lowest BCUT2D eigenvalue weighted by molar-refractivity contribution is -0.118. The average molecular weight is 374 g/mol. The minimum atomic E-state index is -0.291. The zero-order chi connectivity index (χ0) is 19.9. The number of rotatable bonds is 6. The van der Waals surface area contributed by atoms with E-state index in [0.717, 1.165) is 11.1 Å². The van der Waals surface area contributed by atoms with E-state index in [0.29, 0.717) is 22.7 Å². The number of amides is 2. The van der Waals surface area contributed by atoms with Crippen molar-refractivity contribution in [1.82, 2.24) is 0 Å². The number of ether oxygens (including phenoxy) is 1. The van der Waals surface area contributed by atoms with Gasteiger partial charge in [-0.1, -0.05) is 42.0 Å². The fourth-order valence-corrected chi connectivity index (χ4v) is 2.76. The summed E-state index contributed by atoms with van der Waals surface area (Å²) in [4.78, 5) is 24.6. The quantitative estimate of drug-likeness (QED) is 0.664. The number of benzene rings is 3. The van der Waals surface area contributed by atoms with Gasteiger partial charge in [-0.15, -0.1) is 0 Å². The molecule has 0 atom stereocenters. The number of aryl methyl sites for hydroxylation is 2. The number of carbonyl (C=O) groups is 2. The highest BCUT2D eigenvalue weighted by atomic mass is 16.5. The third-order valence-electron chi connectivity index (χ3n) is 4.13. The predicted octanol–water partition coefficient (Wildman–Crippen LogP) is 4.57. The normalized spacial score (nSPS) is 10.2. The molecule has 0 spiro atoms. The Morgan fingerprint density at radius 1 is 0.821 bits per heavy atom. The molecule has 0 aliphatic rings. The third-order valence-corrected chi connectivity index (χ3v) is 4.13. The molecule has 0 bridgehead atoms. The molecule has 2 amide bonds. The van der Waals surface area contributed by atoms with Crippen molar-refractivity contribution in [3.8, 4) is 5.75 Å². The first kappa shape index (κ1) is 19.2. The second-order valence-corrected chi connectivity index (χ2v) is 6.51. The minimum Gasteiger partial charge on any atom is -0.483 e. The van der Waals surface area contributed by atoms with Gasteiger partial charge < -0.3 is 15.4 Å². The van der Waals surface area contributed by atoms with Gasteiger partial charge in [0.25, 0.3) is 11.8 Å². The first-order valence-corrected chi connectivity index (χ1v) is 8.97. The van der Waals surface area contributed by atoms with Gasteiger partial charge in [0.1, 0.15) is 5.75 Å². The van der Waals surface area contributed by atoms with E-state index >= 15 is 0 Å². The van der Waals surface area contributed by atoms with E-state index in [9.17, 15) is 9.59 Å². The first-order chi connectivity index (χ1) is 13.5. The van der Waals surface area contributed by atoms with Crippen LogP contribution < -0.4 is 15.4 Å². The molecule has 0 unspecified atom stereocenters. The standard InChI is InChI=1S/C23H22N2O3/c1-16-11-12-21(17(2)13-16)28-15-22(26)24-20-10-6-7-18(14-20)23(27)25-19-8-4-3-5-9-19/h3-14H,15H2,1-2H3,(H,24,26)(H,25,27). The molecule has 0 fully saturated rings. The number of nitrogens with one attached hydrogen (secondary N) is 2. The molecule has 0 aliphatic heterocycles. The van der Waals surface area contributed by atoms with Crippen molar-refractivity contribution in [2.75, 3.05) is 17.2 Å². The largest absolute Gasteiger partial charge is 0.483 e. The van der Waals surface area contributed by atoms with Gasteiger partial charge in [0.15, 0.2) is 6.61 Å². The summed E-state index contributed by atoms with van der Waals surface area (Å²) < 4.78 is 5.59. The fraction of sp³-hybridized carbons (Fsp3) is 0.130. The SMILES string of the molecule is Cc1ccc(OCC(=O)Nc2cccc(C(=O)Nc3ccccc3)c2)c(C)c1. The van der Waals surface area contributed by atoms with Crippen molar-refractivity contribution in [1.29, 1.82) is 0 Å². The van der Waals surface area contributed by atoms with Gasteiger partial charge in [0, 0.05) is 16.9 Å². The van der Waals surface area contributed by atoms with Crippen LogP contribution in [0.4, 0.5) is 11.4 Å². The Kier molecular flexibility index (Phi) is 6.07. The number of carbonyl (C=O) groups excluding carboxylic acids is 2. The van der Waals surface area contributed by atoms with Crippen LogP contribution in [0.5, 0.6) is 5.75 Å². The molecule has 3 aromatic carbocycles. The van der Waals surface area contributed by atoms with Crippen molar-refractivity contribution in [3.63, 3.8) is 0 Å². The molecule has 0 saturated carbocycles. The number of anilines is 2. The summed E-state index contributed by atoms with van der Waals surface area (Å²) in [5.74, 6) is 0.145. The molecule has 0 aliphatic carbocycles. The lowest BCUT2D eigenvalue weighted by Crippen LogP contribution is -2.21. The van der Waals surface area contributed by atoms with Gasteiger partial charge in [-0.25, -0.2) is 0 Å². The van der Waals surface area contributed by atoms with Gasteiger partial charge in [0.2, 0.25) is 0 Å². The molecule has 0 radical (unpaired) electrons. The summed E-state index contributed by atoms with van der Waals surface area (Å²) in [6.45, 7) is 3.84. The van der Waals surface area contributed by atoms with Crippen LogP contribution in [-0.4, -0.2) is 18.4 Å². The van der Waals surface area contributed by atoms with Gasteiger partial charge in [-0.2, -0.15) is 0 Å². The molecule has 5 nitrogen and oxygen atoms in total. The zero-order valence-electron chi connectivity index (χ0n) is 15.9. The second-order valence-electron chi connectivity index (χ2n) is 6.51. The monoisotopic (exact) mass is 374 g/mol. The van der Waals surface area contributed by atoms with Crippen LogP contribution in [0.15, 0.2) is 72.8 Å². The number of hydrogen-bond donors (Lipinski definition) is 2. The van der Waals surface area contributed by atoms with Gasteiger partial charge >= 0.3 is 0 Å². The van der Waals surface area contributed by atoms with E-state index in [2.05, 4.69) is 10.6 Å². The van der Waals surface area contributed by atoms with Gasteiger partial charge in [0.05, 0.1) is 0 Å². The Morgan fingerprint density at radius 3 is 2.32 bits per heavy atom. The highest BCUT2D eigenvalue weighted by Crippen LogP contribution is 2.19. The summed E-state index contributed by atoms with van der Waals surface area (Å²) in [5, 5.41) is 5.58. The molecule has 0 saturated heterocycles. The van der Waals surface area contributed by atoms with E-state index < -0.39 is 0 Å². The van der Waals surface area contributed by atoms with Crippen molar-refractivity contribution >= 4 is 23.2 Å². The summed E-state index contributed by atoms with van der Waals surface area (Å²) in [7, 11) is 0. The average Bonchev–Trinajstić information content (AvgIpc) is 2.68. The summed E-state index contributed by atoms with van der Waals surface area (Å²) in [6.07, 6.45) is 0. The summed E-state index contributed by atoms with van der Waals surface area (Å²) >= 11 is 0. The Labute approximate surface area is 164 Å². The Hall–Kier alpha value is -3.60. The molecule has 3 aromatic rings. The van der Waals surface area contributed by atoms with Crippen LogP contribution in [0.3, 0.4) is 0 Å². The zero-order valence-corrected chi connectivity index (χ0v) is 15.9. The molecule has 0 heterocycles. The van der Waals surface area contributed by atoms with Crippen LogP contribution in [0.1, 0.15) is 21.5 Å². The maximum atomic E-state index is 12.4. The Bertz CT molecular complexity index is 984. The second kappa shape index (κ2) is 8.86. The lowest BCUT2D eigenvalue weighted by atomic mass is 10.1. The van der Waals surface area contributed by atoms with Crippen molar-refractivity contribution in [3.05, 3.63) is 89.5 Å². The smallest absolute Gasteiger partial charge is 0.262 e. The van der Waals surface area contributed by atoms with E-state index in [1.165, 1.54) is 0 Å². The van der Waals surface area contributed by atoms with Gasteiger partial charge in [-0.05, 0) is 55.8 Å². The van der Waals surface area contributed by atoms with Crippen LogP contribution in [0.25, 0.3) is 0 Å². The van der Waals surface area contributed by atoms with E-state index in [-0.39, 0.29) is 18.4 Å². The maximum Gasteiger partial charge on any atom is 0.262 e. The van der Waals surface area contributed by atoms with E-state index in [4.69, 9.17) is 4.74 Å². The molecule has 0 aromatic heterocycles.